The van der Waals surface area contributed by atoms with Gasteiger partial charge in [0.2, 0.25) is 5.43 Å². The van der Waals surface area contributed by atoms with Gasteiger partial charge in [0.15, 0.2) is 0 Å². The standard InChI is InChI=1S/C17H13NO2/c1-12-5-4-6-14(9-12)18-10-13-11-20-16-8-3-2-7-15(16)17(13)19/h2-11H,1H3. The van der Waals surface area contributed by atoms with E-state index in [0.717, 1.165) is 11.3 Å². The van der Waals surface area contributed by atoms with Crippen LogP contribution in [0.5, 0.6) is 0 Å². The topological polar surface area (TPSA) is 42.6 Å². The fourth-order valence-electron chi connectivity index (χ4n) is 2.03. The van der Waals surface area contributed by atoms with E-state index in [-0.39, 0.29) is 5.43 Å². The van der Waals surface area contributed by atoms with E-state index in [2.05, 4.69) is 4.99 Å². The zero-order valence-corrected chi connectivity index (χ0v) is 11.0. The van der Waals surface area contributed by atoms with Crippen LogP contribution >= 0.6 is 0 Å². The number of hydrogen-bond acceptors (Lipinski definition) is 3. The quantitative estimate of drug-likeness (QED) is 0.659. The monoisotopic (exact) mass is 263 g/mol. The molecule has 0 saturated carbocycles. The number of aryl methyl sites for hydroxylation is 1. The van der Waals surface area contributed by atoms with E-state index < -0.39 is 0 Å². The largest absolute Gasteiger partial charge is 0.463 e. The molecule has 1 heterocycles. The van der Waals surface area contributed by atoms with E-state index in [4.69, 9.17) is 4.42 Å². The molecule has 1 aromatic heterocycles. The van der Waals surface area contributed by atoms with E-state index in [9.17, 15) is 4.79 Å². The number of hydrogen-bond donors (Lipinski definition) is 0. The molecule has 0 aliphatic rings. The number of aliphatic imine (C=N–C) groups is 1. The van der Waals surface area contributed by atoms with Gasteiger partial charge in [0.1, 0.15) is 11.8 Å². The van der Waals surface area contributed by atoms with Crippen LogP contribution in [0.1, 0.15) is 11.1 Å². The molecule has 0 radical (unpaired) electrons. The van der Waals surface area contributed by atoms with Crippen LogP contribution in [-0.4, -0.2) is 6.21 Å². The maximum atomic E-state index is 12.3. The molecule has 3 heteroatoms. The first-order valence-corrected chi connectivity index (χ1v) is 6.35. The van der Waals surface area contributed by atoms with Gasteiger partial charge < -0.3 is 4.42 Å². The summed E-state index contributed by atoms with van der Waals surface area (Å²) in [5.41, 5.74) is 2.92. The van der Waals surface area contributed by atoms with E-state index in [0.29, 0.717) is 16.5 Å². The van der Waals surface area contributed by atoms with Crippen molar-refractivity contribution >= 4 is 22.9 Å². The molecule has 0 N–H and O–H groups in total. The molecule has 0 spiro atoms. The van der Waals surface area contributed by atoms with Crippen molar-refractivity contribution in [3.63, 3.8) is 0 Å². The van der Waals surface area contributed by atoms with Gasteiger partial charge in [0, 0.05) is 6.21 Å². The van der Waals surface area contributed by atoms with Crippen LogP contribution in [0.3, 0.4) is 0 Å². The third-order valence-electron chi connectivity index (χ3n) is 3.06. The Kier molecular flexibility index (Phi) is 3.17. The summed E-state index contributed by atoms with van der Waals surface area (Å²) in [7, 11) is 0. The maximum Gasteiger partial charge on any atom is 0.201 e. The molecule has 0 bridgehead atoms. The van der Waals surface area contributed by atoms with E-state index in [1.54, 1.807) is 18.3 Å². The first-order valence-electron chi connectivity index (χ1n) is 6.35. The average Bonchev–Trinajstić information content (AvgIpc) is 2.47. The van der Waals surface area contributed by atoms with E-state index in [1.807, 2.05) is 43.3 Å². The molecule has 3 nitrogen and oxygen atoms in total. The summed E-state index contributed by atoms with van der Waals surface area (Å²) in [6, 6.07) is 15.0. The highest BCUT2D eigenvalue weighted by atomic mass is 16.3. The third-order valence-corrected chi connectivity index (χ3v) is 3.06. The summed E-state index contributed by atoms with van der Waals surface area (Å²) in [5.74, 6) is 0. The lowest BCUT2D eigenvalue weighted by Gasteiger charge is -1.98. The third kappa shape index (κ3) is 2.38. The first kappa shape index (κ1) is 12.4. The predicted octanol–water partition coefficient (Wildman–Crippen LogP) is 3.85. The Balaban J connectivity index is 2.03. The molecule has 0 aliphatic carbocycles. The Morgan fingerprint density at radius 1 is 1.10 bits per heavy atom. The molecule has 0 aliphatic heterocycles. The zero-order chi connectivity index (χ0) is 13.9. The van der Waals surface area contributed by atoms with Crippen LogP contribution in [0.15, 0.2) is 69.0 Å². The lowest BCUT2D eigenvalue weighted by Crippen LogP contribution is -2.07. The van der Waals surface area contributed by atoms with Crippen molar-refractivity contribution in [1.29, 1.82) is 0 Å². The molecular formula is C17H13NO2. The first-order chi connectivity index (χ1) is 9.74. The SMILES string of the molecule is Cc1cccc(N=Cc2coc3ccccc3c2=O)c1. The molecule has 98 valence electrons. The van der Waals surface area contributed by atoms with Crippen LogP contribution < -0.4 is 5.43 Å². The lowest BCUT2D eigenvalue weighted by molar-refractivity contribution is 0.601. The van der Waals surface area contributed by atoms with Gasteiger partial charge in [-0.2, -0.15) is 0 Å². The highest BCUT2D eigenvalue weighted by molar-refractivity contribution is 5.87. The van der Waals surface area contributed by atoms with Crippen LogP contribution in [0.2, 0.25) is 0 Å². The maximum absolute atomic E-state index is 12.3. The molecule has 2 aromatic carbocycles. The number of benzene rings is 2. The second-order valence-corrected chi connectivity index (χ2v) is 4.61. The second kappa shape index (κ2) is 5.13. The minimum absolute atomic E-state index is 0.0664. The lowest BCUT2D eigenvalue weighted by atomic mass is 10.2. The average molecular weight is 263 g/mol. The molecule has 3 aromatic rings. The summed E-state index contributed by atoms with van der Waals surface area (Å²) in [6.07, 6.45) is 3.00. The van der Waals surface area contributed by atoms with Gasteiger partial charge in [0.05, 0.1) is 16.6 Å². The summed E-state index contributed by atoms with van der Waals surface area (Å²) in [6.45, 7) is 2.00. The van der Waals surface area contributed by atoms with Crippen molar-refractivity contribution in [3.05, 3.63) is 76.1 Å². The number of rotatable bonds is 2. The minimum Gasteiger partial charge on any atom is -0.463 e. The summed E-state index contributed by atoms with van der Waals surface area (Å²) < 4.78 is 5.44. The Hall–Kier alpha value is -2.68. The molecule has 0 atom stereocenters. The molecular weight excluding hydrogens is 250 g/mol. The van der Waals surface area contributed by atoms with E-state index >= 15 is 0 Å². The molecule has 20 heavy (non-hydrogen) atoms. The predicted molar refractivity (Wildman–Crippen MR) is 80.9 cm³/mol. The Morgan fingerprint density at radius 3 is 2.80 bits per heavy atom. The van der Waals surface area contributed by atoms with Crippen LogP contribution in [-0.2, 0) is 0 Å². The summed E-state index contributed by atoms with van der Waals surface area (Å²) in [4.78, 5) is 16.6. The van der Waals surface area contributed by atoms with Crippen molar-refractivity contribution in [3.8, 4) is 0 Å². The fourth-order valence-corrected chi connectivity index (χ4v) is 2.03. The van der Waals surface area contributed by atoms with Crippen molar-refractivity contribution in [2.45, 2.75) is 6.92 Å². The van der Waals surface area contributed by atoms with Gasteiger partial charge >= 0.3 is 0 Å². The van der Waals surface area contributed by atoms with Crippen LogP contribution in [0.25, 0.3) is 11.0 Å². The summed E-state index contributed by atoms with van der Waals surface area (Å²) >= 11 is 0. The van der Waals surface area contributed by atoms with Crippen LogP contribution in [0, 0.1) is 6.92 Å². The molecule has 3 rings (SSSR count). The van der Waals surface area contributed by atoms with Crippen molar-refractivity contribution in [2.24, 2.45) is 4.99 Å². The highest BCUT2D eigenvalue weighted by Gasteiger charge is 2.03. The second-order valence-electron chi connectivity index (χ2n) is 4.61. The molecule has 0 fully saturated rings. The van der Waals surface area contributed by atoms with Gasteiger partial charge in [-0.25, -0.2) is 0 Å². The highest BCUT2D eigenvalue weighted by Crippen LogP contribution is 2.14. The number of fused-ring (bicyclic) bond motifs is 1. The van der Waals surface area contributed by atoms with Gasteiger partial charge in [-0.15, -0.1) is 0 Å². The van der Waals surface area contributed by atoms with Crippen molar-refractivity contribution in [2.75, 3.05) is 0 Å². The minimum atomic E-state index is -0.0664. The number of para-hydroxylation sites is 1. The van der Waals surface area contributed by atoms with Gasteiger partial charge in [-0.1, -0.05) is 24.3 Å². The Morgan fingerprint density at radius 2 is 1.95 bits per heavy atom. The van der Waals surface area contributed by atoms with E-state index in [1.165, 1.54) is 6.26 Å². The van der Waals surface area contributed by atoms with Crippen molar-refractivity contribution < 1.29 is 4.42 Å². The van der Waals surface area contributed by atoms with Crippen LogP contribution in [0.4, 0.5) is 5.69 Å². The summed E-state index contributed by atoms with van der Waals surface area (Å²) in [5, 5.41) is 0.570. The smallest absolute Gasteiger partial charge is 0.201 e. The molecule has 0 saturated heterocycles. The number of nitrogens with zero attached hydrogens (tertiary/aromatic N) is 1. The Bertz CT molecular complexity index is 847. The fraction of sp³-hybridized carbons (Fsp3) is 0.0588. The van der Waals surface area contributed by atoms with Gasteiger partial charge in [-0.3, -0.25) is 9.79 Å². The van der Waals surface area contributed by atoms with Crippen molar-refractivity contribution in [1.82, 2.24) is 0 Å². The normalized spacial score (nSPS) is 11.2. The molecule has 0 unspecified atom stereocenters. The Labute approximate surface area is 116 Å². The van der Waals surface area contributed by atoms with Gasteiger partial charge in [-0.05, 0) is 36.8 Å². The molecule has 0 amide bonds. The zero-order valence-electron chi connectivity index (χ0n) is 11.0. The van der Waals surface area contributed by atoms with Gasteiger partial charge in [0.25, 0.3) is 0 Å².